The van der Waals surface area contributed by atoms with Gasteiger partial charge in [0.05, 0.1) is 4.47 Å². The Hall–Kier alpha value is 0.110. The van der Waals surface area contributed by atoms with E-state index in [0.717, 1.165) is 0 Å². The first kappa shape index (κ1) is 8.21. The molecule has 0 amide bonds. The summed E-state index contributed by atoms with van der Waals surface area (Å²) >= 11 is 6.27. The lowest BCUT2D eigenvalue weighted by atomic mass is 10.2. The second-order valence-corrected chi connectivity index (χ2v) is 3.26. The van der Waals surface area contributed by atoms with Crippen LogP contribution >= 0.6 is 31.9 Å². The molecule has 0 bridgehead atoms. The molecule has 0 nitrogen and oxygen atoms in total. The summed E-state index contributed by atoms with van der Waals surface area (Å²) in [5.74, 6) is -0.181. The minimum atomic E-state index is -0.181. The van der Waals surface area contributed by atoms with Crippen molar-refractivity contribution < 1.29 is 4.39 Å². The van der Waals surface area contributed by atoms with Crippen LogP contribution in [0.3, 0.4) is 0 Å². The van der Waals surface area contributed by atoms with Crippen molar-refractivity contribution in [3.05, 3.63) is 34.1 Å². The molecule has 0 aliphatic carbocycles. The van der Waals surface area contributed by atoms with E-state index < -0.39 is 0 Å². The molecule has 0 aromatic heterocycles. The lowest BCUT2D eigenvalue weighted by Crippen LogP contribution is -1.85. The van der Waals surface area contributed by atoms with Gasteiger partial charge in [-0.1, -0.05) is 28.1 Å². The van der Waals surface area contributed by atoms with Crippen LogP contribution in [0.2, 0.25) is 0 Å². The van der Waals surface area contributed by atoms with Gasteiger partial charge in [-0.2, -0.15) is 0 Å². The van der Waals surface area contributed by atoms with Gasteiger partial charge in [-0.05, 0) is 27.6 Å². The first-order valence-corrected chi connectivity index (χ1v) is 4.66. The van der Waals surface area contributed by atoms with E-state index in [9.17, 15) is 4.39 Å². The second-order valence-electron chi connectivity index (χ2n) is 1.85. The summed E-state index contributed by atoms with van der Waals surface area (Å²) in [5, 5.41) is 0.554. The van der Waals surface area contributed by atoms with Gasteiger partial charge < -0.3 is 0 Å². The standard InChI is InChI=1S/C7H5Br2F/c8-4-5-2-1-3-6(9)7(5)10/h1-3H,4H2. The highest BCUT2D eigenvalue weighted by Crippen LogP contribution is 2.19. The fourth-order valence-corrected chi connectivity index (χ4v) is 1.49. The molecule has 0 N–H and O–H groups in total. The highest BCUT2D eigenvalue weighted by atomic mass is 79.9. The number of alkyl halides is 1. The summed E-state index contributed by atoms with van der Waals surface area (Å²) in [5.41, 5.74) is 0.675. The monoisotopic (exact) mass is 266 g/mol. The summed E-state index contributed by atoms with van der Waals surface area (Å²) in [7, 11) is 0. The number of hydrogen-bond donors (Lipinski definition) is 0. The zero-order chi connectivity index (χ0) is 7.56. The van der Waals surface area contributed by atoms with E-state index in [-0.39, 0.29) is 5.82 Å². The highest BCUT2D eigenvalue weighted by Gasteiger charge is 2.02. The minimum absolute atomic E-state index is 0.181. The molecule has 0 saturated heterocycles. The molecule has 54 valence electrons. The fourth-order valence-electron chi connectivity index (χ4n) is 0.652. The van der Waals surface area contributed by atoms with Crippen LogP contribution in [-0.2, 0) is 5.33 Å². The maximum absolute atomic E-state index is 12.9. The van der Waals surface area contributed by atoms with Crippen LogP contribution in [0.25, 0.3) is 0 Å². The summed E-state index contributed by atoms with van der Waals surface area (Å²) in [6.07, 6.45) is 0. The largest absolute Gasteiger partial charge is 0.205 e. The number of hydrogen-bond acceptors (Lipinski definition) is 0. The first-order chi connectivity index (χ1) is 4.75. The number of benzene rings is 1. The van der Waals surface area contributed by atoms with Crippen molar-refractivity contribution >= 4 is 31.9 Å². The quantitative estimate of drug-likeness (QED) is 0.684. The van der Waals surface area contributed by atoms with E-state index in [1.165, 1.54) is 0 Å². The molecule has 0 unspecified atom stereocenters. The molecular formula is C7H5Br2F. The van der Waals surface area contributed by atoms with E-state index in [2.05, 4.69) is 31.9 Å². The maximum Gasteiger partial charge on any atom is 0.141 e. The molecule has 0 aliphatic rings. The van der Waals surface area contributed by atoms with E-state index in [4.69, 9.17) is 0 Å². The molecule has 1 aromatic carbocycles. The predicted octanol–water partition coefficient (Wildman–Crippen LogP) is 3.48. The summed E-state index contributed by atoms with van der Waals surface area (Å²) in [6, 6.07) is 5.24. The smallest absolute Gasteiger partial charge is 0.141 e. The van der Waals surface area contributed by atoms with Gasteiger partial charge in [-0.3, -0.25) is 0 Å². The van der Waals surface area contributed by atoms with Crippen LogP contribution < -0.4 is 0 Å². The number of halogens is 3. The van der Waals surface area contributed by atoms with Crippen molar-refractivity contribution in [3.63, 3.8) is 0 Å². The average Bonchev–Trinajstić information content (AvgIpc) is 1.95. The fraction of sp³-hybridized carbons (Fsp3) is 0.143. The van der Waals surface area contributed by atoms with E-state index in [1.807, 2.05) is 6.07 Å². The third kappa shape index (κ3) is 1.58. The first-order valence-electron chi connectivity index (χ1n) is 2.74. The third-order valence-corrected chi connectivity index (χ3v) is 2.39. The molecule has 0 fully saturated rings. The average molecular weight is 268 g/mol. The molecule has 10 heavy (non-hydrogen) atoms. The summed E-state index contributed by atoms with van der Waals surface area (Å²) in [4.78, 5) is 0. The van der Waals surface area contributed by atoms with Crippen molar-refractivity contribution in [2.45, 2.75) is 5.33 Å². The SMILES string of the molecule is Fc1c(Br)cccc1CBr. The van der Waals surface area contributed by atoms with Gasteiger partial charge in [0.1, 0.15) is 5.82 Å². The Labute approximate surface area is 75.7 Å². The molecule has 0 radical (unpaired) electrons. The van der Waals surface area contributed by atoms with E-state index in [0.29, 0.717) is 15.4 Å². The Morgan fingerprint density at radius 1 is 1.40 bits per heavy atom. The normalized spacial score (nSPS) is 9.90. The molecule has 0 atom stereocenters. The Morgan fingerprint density at radius 3 is 2.60 bits per heavy atom. The zero-order valence-corrected chi connectivity index (χ0v) is 8.25. The van der Waals surface area contributed by atoms with Gasteiger partial charge in [-0.15, -0.1) is 0 Å². The Kier molecular flexibility index (Phi) is 2.86. The van der Waals surface area contributed by atoms with Crippen molar-refractivity contribution in [3.8, 4) is 0 Å². The Morgan fingerprint density at radius 2 is 2.10 bits per heavy atom. The summed E-state index contributed by atoms with van der Waals surface area (Å²) in [6.45, 7) is 0. The molecular weight excluding hydrogens is 263 g/mol. The van der Waals surface area contributed by atoms with Crippen LogP contribution in [0, 0.1) is 5.82 Å². The van der Waals surface area contributed by atoms with Crippen molar-refractivity contribution in [1.82, 2.24) is 0 Å². The molecule has 1 rings (SSSR count). The van der Waals surface area contributed by atoms with Crippen molar-refractivity contribution in [1.29, 1.82) is 0 Å². The lowest BCUT2D eigenvalue weighted by molar-refractivity contribution is 0.611. The van der Waals surface area contributed by atoms with Crippen LogP contribution in [0.4, 0.5) is 4.39 Å². The molecule has 3 heteroatoms. The van der Waals surface area contributed by atoms with Crippen LogP contribution in [-0.4, -0.2) is 0 Å². The number of rotatable bonds is 1. The molecule has 1 aromatic rings. The molecule has 0 heterocycles. The van der Waals surface area contributed by atoms with Gasteiger partial charge in [0.2, 0.25) is 0 Å². The second kappa shape index (κ2) is 3.49. The van der Waals surface area contributed by atoms with Crippen LogP contribution in [0.15, 0.2) is 22.7 Å². The summed E-state index contributed by atoms with van der Waals surface area (Å²) < 4.78 is 13.4. The van der Waals surface area contributed by atoms with E-state index >= 15 is 0 Å². The Bertz CT molecular complexity index is 235. The third-order valence-electron chi connectivity index (χ3n) is 1.18. The maximum atomic E-state index is 12.9. The molecule has 0 saturated carbocycles. The highest BCUT2D eigenvalue weighted by molar-refractivity contribution is 9.10. The van der Waals surface area contributed by atoms with Gasteiger partial charge in [0.25, 0.3) is 0 Å². The van der Waals surface area contributed by atoms with E-state index in [1.54, 1.807) is 12.1 Å². The van der Waals surface area contributed by atoms with Crippen molar-refractivity contribution in [2.24, 2.45) is 0 Å². The van der Waals surface area contributed by atoms with Crippen LogP contribution in [0.1, 0.15) is 5.56 Å². The molecule has 0 spiro atoms. The predicted molar refractivity (Wildman–Crippen MR) is 46.7 cm³/mol. The van der Waals surface area contributed by atoms with Gasteiger partial charge >= 0.3 is 0 Å². The van der Waals surface area contributed by atoms with Gasteiger partial charge in [-0.25, -0.2) is 4.39 Å². The van der Waals surface area contributed by atoms with Crippen molar-refractivity contribution in [2.75, 3.05) is 0 Å². The van der Waals surface area contributed by atoms with Gasteiger partial charge in [0.15, 0.2) is 0 Å². The van der Waals surface area contributed by atoms with Crippen LogP contribution in [0.5, 0.6) is 0 Å². The minimum Gasteiger partial charge on any atom is -0.205 e. The zero-order valence-electron chi connectivity index (χ0n) is 5.07. The molecule has 0 aliphatic heterocycles. The Balaban J connectivity index is 3.14. The topological polar surface area (TPSA) is 0 Å². The lowest BCUT2D eigenvalue weighted by Gasteiger charge is -1.98. The van der Waals surface area contributed by atoms with Gasteiger partial charge in [0, 0.05) is 5.33 Å².